The van der Waals surface area contributed by atoms with Gasteiger partial charge in [0, 0.05) is 23.1 Å². The van der Waals surface area contributed by atoms with Crippen LogP contribution in [0.4, 0.5) is 0 Å². The highest BCUT2D eigenvalue weighted by Gasteiger charge is 2.00. The number of aromatic nitrogens is 2. The predicted octanol–water partition coefficient (Wildman–Crippen LogP) is 5.00. The van der Waals surface area contributed by atoms with E-state index in [0.29, 0.717) is 5.02 Å². The van der Waals surface area contributed by atoms with Crippen molar-refractivity contribution in [3.8, 4) is 5.69 Å². The van der Waals surface area contributed by atoms with Crippen molar-refractivity contribution in [2.75, 3.05) is 0 Å². The average Bonchev–Trinajstić information content (AvgIpc) is 3.00. The van der Waals surface area contributed by atoms with Crippen LogP contribution in [0.15, 0.2) is 61.2 Å². The van der Waals surface area contributed by atoms with E-state index in [-0.39, 0.29) is 0 Å². The van der Waals surface area contributed by atoms with E-state index >= 15 is 0 Å². The van der Waals surface area contributed by atoms with Gasteiger partial charge in [0.05, 0.1) is 6.33 Å². The van der Waals surface area contributed by atoms with Gasteiger partial charge >= 0.3 is 0 Å². The van der Waals surface area contributed by atoms with Crippen LogP contribution in [0.3, 0.4) is 0 Å². The minimum Gasteiger partial charge on any atom is -0.306 e. The molecule has 2 nitrogen and oxygen atoms in total. The van der Waals surface area contributed by atoms with Crippen molar-refractivity contribution < 1.29 is 0 Å². The number of halogens is 1. The second kappa shape index (κ2) is 5.98. The normalized spacial score (nSPS) is 11.1. The quantitative estimate of drug-likeness (QED) is 0.621. The lowest BCUT2D eigenvalue weighted by atomic mass is 10.1. The first-order valence-electron chi connectivity index (χ1n) is 6.74. The zero-order valence-corrected chi connectivity index (χ0v) is 12.5. The molecule has 0 bridgehead atoms. The maximum Gasteiger partial charge on any atom is 0.0991 e. The first-order valence-corrected chi connectivity index (χ1v) is 7.12. The van der Waals surface area contributed by atoms with Crippen LogP contribution in [0.25, 0.3) is 17.8 Å². The molecule has 0 fully saturated rings. The molecule has 3 aromatic rings. The van der Waals surface area contributed by atoms with Crippen LogP contribution in [0.5, 0.6) is 0 Å². The lowest BCUT2D eigenvalue weighted by Crippen LogP contribution is -1.90. The second-order valence-electron chi connectivity index (χ2n) is 4.96. The molecule has 0 aliphatic carbocycles. The number of aryl methyl sites for hydroxylation is 1. The van der Waals surface area contributed by atoms with Crippen molar-refractivity contribution in [2.24, 2.45) is 0 Å². The molecule has 0 aliphatic rings. The third-order valence-corrected chi connectivity index (χ3v) is 3.47. The van der Waals surface area contributed by atoms with Gasteiger partial charge in [0.2, 0.25) is 0 Å². The summed E-state index contributed by atoms with van der Waals surface area (Å²) >= 11 is 6.20. The topological polar surface area (TPSA) is 17.8 Å². The minimum absolute atomic E-state index is 0.713. The van der Waals surface area contributed by atoms with Crippen molar-refractivity contribution in [2.45, 2.75) is 6.92 Å². The third-order valence-electron chi connectivity index (χ3n) is 3.25. The fraction of sp³-hybridized carbons (Fsp3) is 0.0556. The lowest BCUT2D eigenvalue weighted by Gasteiger charge is -2.05. The van der Waals surface area contributed by atoms with E-state index in [1.54, 1.807) is 12.5 Å². The summed E-state index contributed by atoms with van der Waals surface area (Å²) in [6, 6.07) is 14.4. The molecule has 1 aromatic heterocycles. The van der Waals surface area contributed by atoms with Gasteiger partial charge < -0.3 is 4.57 Å². The number of benzene rings is 2. The Hall–Kier alpha value is -2.32. The van der Waals surface area contributed by atoms with E-state index in [1.807, 2.05) is 22.9 Å². The maximum absolute atomic E-state index is 6.20. The highest BCUT2D eigenvalue weighted by atomic mass is 35.5. The third kappa shape index (κ3) is 3.41. The molecule has 0 saturated carbocycles. The number of nitrogens with zero attached hydrogens (tertiary/aromatic N) is 2. The average molecular weight is 295 g/mol. The maximum atomic E-state index is 6.20. The van der Waals surface area contributed by atoms with E-state index in [4.69, 9.17) is 11.6 Å². The van der Waals surface area contributed by atoms with Gasteiger partial charge in [0.25, 0.3) is 0 Å². The zero-order chi connectivity index (χ0) is 14.7. The van der Waals surface area contributed by atoms with Crippen molar-refractivity contribution in [3.63, 3.8) is 0 Å². The molecule has 0 amide bonds. The van der Waals surface area contributed by atoms with Crippen LogP contribution in [0.2, 0.25) is 5.02 Å². The van der Waals surface area contributed by atoms with Crippen LogP contribution >= 0.6 is 11.6 Å². The fourth-order valence-electron chi connectivity index (χ4n) is 2.12. The van der Waals surface area contributed by atoms with Gasteiger partial charge in [-0.05, 0) is 36.2 Å². The van der Waals surface area contributed by atoms with E-state index < -0.39 is 0 Å². The summed E-state index contributed by atoms with van der Waals surface area (Å²) in [5, 5.41) is 0.713. The monoisotopic (exact) mass is 294 g/mol. The van der Waals surface area contributed by atoms with Crippen LogP contribution in [0, 0.1) is 6.92 Å². The van der Waals surface area contributed by atoms with Gasteiger partial charge in [-0.2, -0.15) is 0 Å². The zero-order valence-electron chi connectivity index (χ0n) is 11.7. The molecule has 3 heteroatoms. The first-order chi connectivity index (χ1) is 10.2. The van der Waals surface area contributed by atoms with E-state index in [2.05, 4.69) is 54.4 Å². The summed E-state index contributed by atoms with van der Waals surface area (Å²) < 4.78 is 1.94. The Morgan fingerprint density at radius 1 is 1.00 bits per heavy atom. The second-order valence-corrected chi connectivity index (χ2v) is 5.39. The van der Waals surface area contributed by atoms with Gasteiger partial charge in [-0.1, -0.05) is 53.6 Å². The Bertz CT molecular complexity index is 756. The van der Waals surface area contributed by atoms with Gasteiger partial charge in [0.15, 0.2) is 0 Å². The molecule has 3 rings (SSSR count). The molecular formula is C18H15ClN2. The van der Waals surface area contributed by atoms with Crippen LogP contribution < -0.4 is 0 Å². The summed E-state index contributed by atoms with van der Waals surface area (Å²) in [7, 11) is 0. The van der Waals surface area contributed by atoms with Crippen molar-refractivity contribution in [1.29, 1.82) is 0 Å². The first kappa shape index (κ1) is 13.7. The Labute approximate surface area is 129 Å². The van der Waals surface area contributed by atoms with Crippen molar-refractivity contribution >= 4 is 23.8 Å². The van der Waals surface area contributed by atoms with Gasteiger partial charge in [-0.25, -0.2) is 4.98 Å². The molecule has 0 spiro atoms. The van der Waals surface area contributed by atoms with Crippen molar-refractivity contribution in [1.82, 2.24) is 9.55 Å². The SMILES string of the molecule is Cc1ccc(/C=C/c2cc(Cl)cc(-n3ccnc3)c2)cc1. The summed E-state index contributed by atoms with van der Waals surface area (Å²) in [6.45, 7) is 2.09. The van der Waals surface area contributed by atoms with Gasteiger partial charge in [0.1, 0.15) is 0 Å². The van der Waals surface area contributed by atoms with Crippen molar-refractivity contribution in [3.05, 3.63) is 82.9 Å². The minimum atomic E-state index is 0.713. The van der Waals surface area contributed by atoms with Gasteiger partial charge in [-0.15, -0.1) is 0 Å². The number of rotatable bonds is 3. The Morgan fingerprint density at radius 2 is 1.76 bits per heavy atom. The number of imidazole rings is 1. The van der Waals surface area contributed by atoms with E-state index in [1.165, 1.54) is 11.1 Å². The Morgan fingerprint density at radius 3 is 2.48 bits per heavy atom. The highest BCUT2D eigenvalue weighted by Crippen LogP contribution is 2.20. The molecular weight excluding hydrogens is 280 g/mol. The molecule has 0 saturated heterocycles. The summed E-state index contributed by atoms with van der Waals surface area (Å²) in [5.74, 6) is 0. The molecule has 0 aliphatic heterocycles. The molecule has 104 valence electrons. The summed E-state index contributed by atoms with van der Waals surface area (Å²) in [5.41, 5.74) is 4.50. The smallest absolute Gasteiger partial charge is 0.0991 e. The van der Waals surface area contributed by atoms with Crippen LogP contribution in [-0.2, 0) is 0 Å². The number of hydrogen-bond acceptors (Lipinski definition) is 1. The summed E-state index contributed by atoms with van der Waals surface area (Å²) in [4.78, 5) is 4.06. The van der Waals surface area contributed by atoms with Gasteiger partial charge in [-0.3, -0.25) is 0 Å². The van der Waals surface area contributed by atoms with Crippen LogP contribution in [-0.4, -0.2) is 9.55 Å². The standard InChI is InChI=1S/C18H15ClN2/c1-14-2-4-15(5-3-14)6-7-16-10-17(19)12-18(11-16)21-9-8-20-13-21/h2-13H,1H3/b7-6+. The lowest BCUT2D eigenvalue weighted by molar-refractivity contribution is 1.06. The Kier molecular flexibility index (Phi) is 3.89. The fourth-order valence-corrected chi connectivity index (χ4v) is 2.36. The molecule has 0 unspecified atom stereocenters. The molecule has 0 N–H and O–H groups in total. The molecule has 0 radical (unpaired) electrons. The largest absolute Gasteiger partial charge is 0.306 e. The summed E-state index contributed by atoms with van der Waals surface area (Å²) in [6.07, 6.45) is 9.57. The molecule has 21 heavy (non-hydrogen) atoms. The predicted molar refractivity (Wildman–Crippen MR) is 88.7 cm³/mol. The Balaban J connectivity index is 1.90. The van der Waals surface area contributed by atoms with E-state index in [0.717, 1.165) is 11.3 Å². The highest BCUT2D eigenvalue weighted by molar-refractivity contribution is 6.30. The molecule has 0 atom stereocenters. The van der Waals surface area contributed by atoms with Crippen LogP contribution in [0.1, 0.15) is 16.7 Å². The molecule has 2 aromatic carbocycles. The molecule has 1 heterocycles. The van der Waals surface area contributed by atoms with E-state index in [9.17, 15) is 0 Å². The number of hydrogen-bond donors (Lipinski definition) is 0.